The van der Waals surface area contributed by atoms with Crippen molar-refractivity contribution < 1.29 is 28.5 Å². The number of carboxylic acids is 1. The predicted molar refractivity (Wildman–Crippen MR) is 127 cm³/mol. The van der Waals surface area contributed by atoms with E-state index >= 15 is 4.39 Å². The molecule has 35 heavy (non-hydrogen) atoms. The summed E-state index contributed by atoms with van der Waals surface area (Å²) in [5, 5.41) is 21.9. The van der Waals surface area contributed by atoms with Gasteiger partial charge in [-0.05, 0) is 25.1 Å². The molecule has 0 amide bonds. The minimum absolute atomic E-state index is 0.0274. The molecule has 0 radical (unpaired) electrons. The molecule has 0 spiro atoms. The van der Waals surface area contributed by atoms with Crippen molar-refractivity contribution in [1.29, 1.82) is 0 Å². The highest BCUT2D eigenvalue weighted by molar-refractivity contribution is 6.38. The standard InChI is InChI=1S/C23H23ClF2N4O5/c1-11(29-2-4-35-5-3-29)28-20-16(26)7-13-21(19(20)24)30(9-14(22(13)32)23(33)34)18-8-17(27)15(25)6-12(18)10-31/h6-9,11,28,31H,2-5,10,27H2,1H3,(H,33,34). The third kappa shape index (κ3) is 4.55. The normalized spacial score (nSPS) is 15.3. The van der Waals surface area contributed by atoms with Crippen LogP contribution in [0.1, 0.15) is 22.8 Å². The molecule has 1 fully saturated rings. The van der Waals surface area contributed by atoms with E-state index in [1.165, 1.54) is 10.6 Å². The number of aliphatic hydroxyl groups is 1. The lowest BCUT2D eigenvalue weighted by molar-refractivity contribution is 0.0253. The van der Waals surface area contributed by atoms with Crippen molar-refractivity contribution in [3.05, 3.63) is 62.4 Å². The monoisotopic (exact) mass is 508 g/mol. The Hall–Kier alpha value is -3.25. The van der Waals surface area contributed by atoms with Gasteiger partial charge in [-0.1, -0.05) is 11.6 Å². The van der Waals surface area contributed by atoms with Gasteiger partial charge in [-0.2, -0.15) is 0 Å². The first kappa shape index (κ1) is 24.9. The van der Waals surface area contributed by atoms with Gasteiger partial charge in [0.2, 0.25) is 5.43 Å². The van der Waals surface area contributed by atoms with E-state index in [1.807, 2.05) is 11.8 Å². The third-order valence-corrected chi connectivity index (χ3v) is 6.35. The molecule has 1 aromatic heterocycles. The summed E-state index contributed by atoms with van der Waals surface area (Å²) in [5.74, 6) is -3.19. The molecule has 4 rings (SSSR count). The Labute approximate surface area is 203 Å². The number of nitrogen functional groups attached to an aromatic ring is 1. The summed E-state index contributed by atoms with van der Waals surface area (Å²) in [7, 11) is 0. The number of carboxylic acid groups (broad SMARTS) is 1. The number of rotatable bonds is 6. The Bertz CT molecular complexity index is 1370. The van der Waals surface area contributed by atoms with Gasteiger partial charge in [0.15, 0.2) is 0 Å². The van der Waals surface area contributed by atoms with Gasteiger partial charge in [0, 0.05) is 24.8 Å². The molecule has 1 aliphatic heterocycles. The van der Waals surface area contributed by atoms with E-state index in [2.05, 4.69) is 5.32 Å². The Balaban J connectivity index is 1.99. The van der Waals surface area contributed by atoms with Crippen molar-refractivity contribution >= 4 is 39.8 Å². The Morgan fingerprint density at radius 3 is 2.57 bits per heavy atom. The Morgan fingerprint density at radius 2 is 1.94 bits per heavy atom. The average Bonchev–Trinajstić information content (AvgIpc) is 2.84. The van der Waals surface area contributed by atoms with Crippen LogP contribution < -0.4 is 16.5 Å². The van der Waals surface area contributed by atoms with Gasteiger partial charge in [-0.15, -0.1) is 0 Å². The van der Waals surface area contributed by atoms with Crippen LogP contribution in [0.15, 0.2) is 29.2 Å². The number of aromatic nitrogens is 1. The summed E-state index contributed by atoms with van der Waals surface area (Å²) in [6.07, 6.45) is 0.647. The van der Waals surface area contributed by atoms with E-state index in [9.17, 15) is 24.2 Å². The fourth-order valence-electron chi connectivity index (χ4n) is 4.12. The van der Waals surface area contributed by atoms with Crippen LogP contribution in [0.3, 0.4) is 0 Å². The number of nitrogens with one attached hydrogen (secondary N) is 1. The number of nitrogens with zero attached hydrogens (tertiary/aromatic N) is 2. The van der Waals surface area contributed by atoms with Gasteiger partial charge in [-0.3, -0.25) is 9.69 Å². The summed E-state index contributed by atoms with van der Waals surface area (Å²) >= 11 is 6.63. The molecule has 9 nitrogen and oxygen atoms in total. The maximum atomic E-state index is 15.2. The van der Waals surface area contributed by atoms with Crippen LogP contribution in [0.5, 0.6) is 0 Å². The number of hydrogen-bond donors (Lipinski definition) is 4. The first-order valence-corrected chi connectivity index (χ1v) is 11.1. The highest BCUT2D eigenvalue weighted by Crippen LogP contribution is 2.36. The number of morpholine rings is 1. The number of ether oxygens (including phenoxy) is 1. The maximum Gasteiger partial charge on any atom is 0.341 e. The number of anilines is 2. The molecule has 3 aromatic rings. The van der Waals surface area contributed by atoms with Gasteiger partial charge in [0.25, 0.3) is 0 Å². The number of aliphatic hydroxyl groups excluding tert-OH is 1. The molecule has 12 heteroatoms. The fraction of sp³-hybridized carbons (Fsp3) is 0.304. The maximum absolute atomic E-state index is 15.2. The summed E-state index contributed by atoms with van der Waals surface area (Å²) in [6.45, 7) is 3.46. The molecular formula is C23H23ClF2N4O5. The summed E-state index contributed by atoms with van der Waals surface area (Å²) < 4.78 is 35.8. The number of halogens is 3. The lowest BCUT2D eigenvalue weighted by Gasteiger charge is -2.33. The van der Waals surface area contributed by atoms with E-state index in [1.54, 1.807) is 0 Å². The number of carbonyl (C=O) groups is 1. The van der Waals surface area contributed by atoms with E-state index in [-0.39, 0.29) is 44.7 Å². The number of pyridine rings is 1. The first-order valence-electron chi connectivity index (χ1n) is 10.7. The van der Waals surface area contributed by atoms with Gasteiger partial charge in [-0.25, -0.2) is 13.6 Å². The number of aromatic carboxylic acids is 1. The molecule has 5 N–H and O–H groups in total. The number of nitrogens with two attached hydrogens (primary N) is 1. The van der Waals surface area contributed by atoms with Gasteiger partial charge < -0.3 is 30.6 Å². The smallest absolute Gasteiger partial charge is 0.341 e. The molecule has 1 atom stereocenters. The largest absolute Gasteiger partial charge is 0.477 e. The van der Waals surface area contributed by atoms with Crippen molar-refractivity contribution in [2.75, 3.05) is 37.4 Å². The topological polar surface area (TPSA) is 130 Å². The second-order valence-electron chi connectivity index (χ2n) is 8.12. The number of hydrogen-bond acceptors (Lipinski definition) is 7. The quantitative estimate of drug-likeness (QED) is 0.374. The van der Waals surface area contributed by atoms with Crippen molar-refractivity contribution in [1.82, 2.24) is 9.47 Å². The van der Waals surface area contributed by atoms with Crippen LogP contribution in [0.2, 0.25) is 5.02 Å². The summed E-state index contributed by atoms with van der Waals surface area (Å²) in [6, 6.07) is 3.08. The van der Waals surface area contributed by atoms with E-state index in [0.29, 0.717) is 26.3 Å². The molecule has 0 saturated carbocycles. The number of fused-ring (bicyclic) bond motifs is 1. The minimum Gasteiger partial charge on any atom is -0.477 e. The molecule has 2 aromatic carbocycles. The van der Waals surface area contributed by atoms with Crippen molar-refractivity contribution in [2.24, 2.45) is 0 Å². The van der Waals surface area contributed by atoms with Gasteiger partial charge in [0.1, 0.15) is 17.2 Å². The zero-order valence-electron chi connectivity index (χ0n) is 18.6. The molecule has 1 unspecified atom stereocenters. The van der Waals surface area contributed by atoms with E-state index in [0.717, 1.165) is 18.3 Å². The molecule has 0 aliphatic carbocycles. The van der Waals surface area contributed by atoms with Crippen molar-refractivity contribution in [2.45, 2.75) is 19.7 Å². The van der Waals surface area contributed by atoms with Crippen LogP contribution >= 0.6 is 11.6 Å². The Morgan fingerprint density at radius 1 is 1.26 bits per heavy atom. The second kappa shape index (κ2) is 9.78. The first-order chi connectivity index (χ1) is 16.6. The summed E-state index contributed by atoms with van der Waals surface area (Å²) in [5.41, 5.74) is 3.84. The van der Waals surface area contributed by atoms with Gasteiger partial charge in [0.05, 0.1) is 59.0 Å². The van der Waals surface area contributed by atoms with Crippen LogP contribution in [0.25, 0.3) is 16.6 Å². The third-order valence-electron chi connectivity index (χ3n) is 5.99. The highest BCUT2D eigenvalue weighted by Gasteiger charge is 2.25. The number of benzene rings is 2. The molecule has 186 valence electrons. The van der Waals surface area contributed by atoms with Crippen molar-refractivity contribution in [3.8, 4) is 5.69 Å². The molecule has 1 saturated heterocycles. The highest BCUT2D eigenvalue weighted by atomic mass is 35.5. The zero-order chi connectivity index (χ0) is 25.4. The minimum atomic E-state index is -1.55. The molecule has 0 bridgehead atoms. The SMILES string of the molecule is CC(Nc1c(F)cc2c(=O)c(C(=O)O)cn(-c3cc(N)c(F)cc3CO)c2c1Cl)N1CCOCC1. The molecule has 1 aliphatic rings. The van der Waals surface area contributed by atoms with Crippen LogP contribution in [-0.2, 0) is 11.3 Å². The molecular weight excluding hydrogens is 486 g/mol. The zero-order valence-corrected chi connectivity index (χ0v) is 19.4. The predicted octanol–water partition coefficient (Wildman–Crippen LogP) is 2.79. The van der Waals surface area contributed by atoms with Gasteiger partial charge >= 0.3 is 5.97 Å². The van der Waals surface area contributed by atoms with Crippen LogP contribution in [-0.4, -0.2) is 58.1 Å². The fourth-order valence-corrected chi connectivity index (χ4v) is 4.46. The second-order valence-corrected chi connectivity index (χ2v) is 8.50. The Kier molecular flexibility index (Phi) is 6.95. The average molecular weight is 509 g/mol. The van der Waals surface area contributed by atoms with Crippen molar-refractivity contribution in [3.63, 3.8) is 0 Å². The molecule has 2 heterocycles. The van der Waals surface area contributed by atoms with Crippen LogP contribution in [0, 0.1) is 11.6 Å². The summed E-state index contributed by atoms with van der Waals surface area (Å²) in [4.78, 5) is 26.7. The van der Waals surface area contributed by atoms with Crippen LogP contribution in [0.4, 0.5) is 20.2 Å². The van der Waals surface area contributed by atoms with E-state index < -0.39 is 35.2 Å². The lowest BCUT2D eigenvalue weighted by atomic mass is 10.1. The van der Waals surface area contributed by atoms with E-state index in [4.69, 9.17) is 22.1 Å². The lowest BCUT2D eigenvalue weighted by Crippen LogP contribution is -2.45.